The summed E-state index contributed by atoms with van der Waals surface area (Å²) in [7, 11) is 7.25. The molecule has 0 atom stereocenters. The molecule has 0 aliphatic heterocycles. The van der Waals surface area contributed by atoms with Crippen molar-refractivity contribution in [2.45, 2.75) is 12.8 Å². The fraction of sp³-hybridized carbons (Fsp3) is 0.364. The van der Waals surface area contributed by atoms with Gasteiger partial charge in [0.15, 0.2) is 5.13 Å². The van der Waals surface area contributed by atoms with Crippen LogP contribution in [-0.4, -0.2) is 57.2 Å². The molecule has 1 aromatic heterocycles. The fourth-order valence-corrected chi connectivity index (χ4v) is 4.17. The van der Waals surface area contributed by atoms with Crippen molar-refractivity contribution in [2.75, 3.05) is 46.3 Å². The summed E-state index contributed by atoms with van der Waals surface area (Å²) in [6.45, 7) is 1.33. The highest BCUT2D eigenvalue weighted by Gasteiger charge is 2.22. The highest BCUT2D eigenvalue weighted by Crippen LogP contribution is 2.40. The monoisotopic (exact) mass is 449 g/mol. The first kappa shape index (κ1) is 23.9. The quantitative estimate of drug-likeness (QED) is 0.488. The van der Waals surface area contributed by atoms with Crippen LogP contribution in [-0.2, 0) is 11.2 Å². The van der Waals surface area contributed by atoms with Crippen LogP contribution in [0.25, 0.3) is 10.2 Å². The van der Waals surface area contributed by atoms with Gasteiger partial charge in [0.1, 0.15) is 21.7 Å². The molecule has 0 N–H and O–H groups in total. The zero-order chi connectivity index (χ0) is 20.8. The zero-order valence-corrected chi connectivity index (χ0v) is 19.4. The van der Waals surface area contributed by atoms with E-state index in [9.17, 15) is 4.79 Å². The normalized spacial score (nSPS) is 10.7. The number of carbonyl (C=O) groups is 1. The number of anilines is 1. The van der Waals surface area contributed by atoms with Crippen LogP contribution in [0.4, 0.5) is 5.13 Å². The second-order valence-electron chi connectivity index (χ2n) is 6.98. The summed E-state index contributed by atoms with van der Waals surface area (Å²) in [4.78, 5) is 21.7. The Labute approximate surface area is 187 Å². The van der Waals surface area contributed by atoms with E-state index in [0.29, 0.717) is 30.3 Å². The smallest absolute Gasteiger partial charge is 0.229 e. The number of rotatable bonds is 9. The maximum atomic E-state index is 13.1. The molecular weight excluding hydrogens is 422 g/mol. The van der Waals surface area contributed by atoms with E-state index in [1.807, 2.05) is 56.6 Å². The van der Waals surface area contributed by atoms with Gasteiger partial charge in [0.05, 0.1) is 14.2 Å². The lowest BCUT2D eigenvalue weighted by Gasteiger charge is -2.22. The number of thiazole rings is 1. The van der Waals surface area contributed by atoms with Crippen LogP contribution in [0.15, 0.2) is 42.5 Å². The minimum atomic E-state index is 0. The van der Waals surface area contributed by atoms with E-state index >= 15 is 0 Å². The number of carbonyl (C=O) groups excluding carboxylic acids is 1. The summed E-state index contributed by atoms with van der Waals surface area (Å²) in [5.41, 5.74) is 1.87. The Morgan fingerprint density at radius 2 is 1.67 bits per heavy atom. The van der Waals surface area contributed by atoms with E-state index < -0.39 is 0 Å². The first-order valence-electron chi connectivity index (χ1n) is 9.54. The molecule has 1 heterocycles. The summed E-state index contributed by atoms with van der Waals surface area (Å²) in [6, 6.07) is 13.8. The number of hydrogen-bond acceptors (Lipinski definition) is 6. The van der Waals surface area contributed by atoms with E-state index in [4.69, 9.17) is 14.5 Å². The number of nitrogens with zero attached hydrogens (tertiary/aromatic N) is 3. The van der Waals surface area contributed by atoms with E-state index in [2.05, 4.69) is 4.90 Å². The summed E-state index contributed by atoms with van der Waals surface area (Å²) < 4.78 is 11.8. The van der Waals surface area contributed by atoms with Crippen LogP contribution in [0.5, 0.6) is 11.5 Å². The van der Waals surface area contributed by atoms with E-state index in [-0.39, 0.29) is 18.3 Å². The van der Waals surface area contributed by atoms with Gasteiger partial charge in [0, 0.05) is 19.5 Å². The topological polar surface area (TPSA) is 54.9 Å². The molecule has 0 spiro atoms. The Hall–Kier alpha value is -2.35. The third-order valence-corrected chi connectivity index (χ3v) is 5.77. The first-order chi connectivity index (χ1) is 14.0. The van der Waals surface area contributed by atoms with Gasteiger partial charge in [0.2, 0.25) is 5.91 Å². The molecule has 0 aliphatic rings. The number of aryl methyl sites for hydroxylation is 1. The minimum absolute atomic E-state index is 0. The lowest BCUT2D eigenvalue weighted by molar-refractivity contribution is -0.118. The van der Waals surface area contributed by atoms with Gasteiger partial charge in [-0.3, -0.25) is 9.69 Å². The average molecular weight is 450 g/mol. The van der Waals surface area contributed by atoms with Crippen LogP contribution in [0.3, 0.4) is 0 Å². The number of methoxy groups -OCH3 is 2. The Morgan fingerprint density at radius 3 is 2.30 bits per heavy atom. The van der Waals surface area contributed by atoms with Gasteiger partial charge in [-0.15, -0.1) is 12.4 Å². The molecule has 0 aliphatic carbocycles. The number of amides is 1. The maximum Gasteiger partial charge on any atom is 0.229 e. The molecular formula is C22H28ClN3O3S. The van der Waals surface area contributed by atoms with Crippen molar-refractivity contribution < 1.29 is 14.3 Å². The number of ether oxygens (including phenoxy) is 2. The van der Waals surface area contributed by atoms with Crippen LogP contribution >= 0.6 is 23.7 Å². The first-order valence-corrected chi connectivity index (χ1v) is 10.4. The molecule has 3 rings (SSSR count). The lowest BCUT2D eigenvalue weighted by Crippen LogP contribution is -2.36. The van der Waals surface area contributed by atoms with E-state index in [0.717, 1.165) is 28.1 Å². The molecule has 3 aromatic rings. The number of hydrogen-bond donors (Lipinski definition) is 0. The van der Waals surface area contributed by atoms with E-state index in [1.54, 1.807) is 19.1 Å². The number of likely N-dealkylation sites (N-methyl/N-ethyl adjacent to an activating group) is 1. The van der Waals surface area contributed by atoms with Crippen molar-refractivity contribution in [3.05, 3.63) is 48.0 Å². The van der Waals surface area contributed by atoms with Gasteiger partial charge in [-0.2, -0.15) is 0 Å². The molecule has 162 valence electrons. The summed E-state index contributed by atoms with van der Waals surface area (Å²) in [6.07, 6.45) is 1.14. The largest absolute Gasteiger partial charge is 0.495 e. The Morgan fingerprint density at radius 1 is 1.00 bits per heavy atom. The van der Waals surface area contributed by atoms with Crippen molar-refractivity contribution in [3.8, 4) is 11.5 Å². The molecule has 0 radical (unpaired) electrons. The molecule has 0 unspecified atom stereocenters. The Balaban J connectivity index is 0.00000320. The average Bonchev–Trinajstić information content (AvgIpc) is 3.17. The minimum Gasteiger partial charge on any atom is -0.495 e. The molecule has 0 bridgehead atoms. The summed E-state index contributed by atoms with van der Waals surface area (Å²) in [5, 5.41) is 0.669. The van der Waals surface area contributed by atoms with Gasteiger partial charge in [0.25, 0.3) is 0 Å². The van der Waals surface area contributed by atoms with Crippen molar-refractivity contribution in [3.63, 3.8) is 0 Å². The fourth-order valence-electron chi connectivity index (χ4n) is 3.05. The van der Waals surface area contributed by atoms with Crippen LogP contribution in [0.1, 0.15) is 12.0 Å². The molecule has 1 amide bonds. The number of halogens is 1. The molecule has 6 nitrogen and oxygen atoms in total. The number of fused-ring (bicyclic) bond motifs is 1. The second-order valence-corrected chi connectivity index (χ2v) is 7.96. The molecule has 8 heteroatoms. The zero-order valence-electron chi connectivity index (χ0n) is 17.8. The van der Waals surface area contributed by atoms with Gasteiger partial charge in [-0.05, 0) is 38.2 Å². The van der Waals surface area contributed by atoms with Gasteiger partial charge < -0.3 is 14.4 Å². The molecule has 30 heavy (non-hydrogen) atoms. The summed E-state index contributed by atoms with van der Waals surface area (Å²) in [5.74, 6) is 1.47. The van der Waals surface area contributed by atoms with Gasteiger partial charge in [-0.25, -0.2) is 4.98 Å². The molecule has 2 aromatic carbocycles. The van der Waals surface area contributed by atoms with Crippen molar-refractivity contribution in [2.24, 2.45) is 0 Å². The maximum absolute atomic E-state index is 13.1. The van der Waals surface area contributed by atoms with Crippen LogP contribution in [0.2, 0.25) is 0 Å². The van der Waals surface area contributed by atoms with Crippen molar-refractivity contribution in [1.82, 2.24) is 9.88 Å². The highest BCUT2D eigenvalue weighted by atomic mass is 35.5. The third-order valence-electron chi connectivity index (χ3n) is 4.67. The molecule has 0 saturated carbocycles. The number of aromatic nitrogens is 1. The number of benzene rings is 2. The SMILES string of the molecule is COc1ccc(OC)c2sc(N(CCN(C)C)C(=O)CCc3ccccc3)nc12.Cl. The molecule has 0 saturated heterocycles. The van der Waals surface area contributed by atoms with Crippen LogP contribution < -0.4 is 14.4 Å². The Kier molecular flexibility index (Phi) is 8.89. The standard InChI is InChI=1S/C22H27N3O3S.ClH/c1-24(2)14-15-25(19(26)13-10-16-8-6-5-7-9-16)22-23-20-17(27-3)11-12-18(28-4)21(20)29-22;/h5-9,11-12H,10,13-15H2,1-4H3;1H. The lowest BCUT2D eigenvalue weighted by atomic mass is 10.1. The predicted molar refractivity (Wildman–Crippen MR) is 126 cm³/mol. The van der Waals surface area contributed by atoms with Crippen molar-refractivity contribution >= 4 is 45.0 Å². The second kappa shape index (κ2) is 11.2. The van der Waals surface area contributed by atoms with E-state index in [1.165, 1.54) is 11.3 Å². The third kappa shape index (κ3) is 5.62. The van der Waals surface area contributed by atoms with Crippen LogP contribution in [0, 0.1) is 0 Å². The van der Waals surface area contributed by atoms with Gasteiger partial charge >= 0.3 is 0 Å². The molecule has 0 fully saturated rings. The summed E-state index contributed by atoms with van der Waals surface area (Å²) >= 11 is 1.46. The highest BCUT2D eigenvalue weighted by molar-refractivity contribution is 7.22. The predicted octanol–water partition coefficient (Wildman–Crippen LogP) is 4.26. The Bertz CT molecular complexity index is 922. The van der Waals surface area contributed by atoms with Gasteiger partial charge in [-0.1, -0.05) is 41.7 Å². The van der Waals surface area contributed by atoms with Crippen molar-refractivity contribution in [1.29, 1.82) is 0 Å².